The smallest absolute Gasteiger partial charge is 0.213 e. The third-order valence-electron chi connectivity index (χ3n) is 4.14. The zero-order chi connectivity index (χ0) is 14.6. The van der Waals surface area contributed by atoms with Crippen molar-refractivity contribution in [3.05, 3.63) is 0 Å². The first-order chi connectivity index (χ1) is 9.50. The average molecular weight is 430 g/mol. The van der Waals surface area contributed by atoms with E-state index in [1.807, 2.05) is 0 Å². The Labute approximate surface area is 145 Å². The maximum atomic E-state index is 11.8. The van der Waals surface area contributed by atoms with E-state index in [9.17, 15) is 8.42 Å². The molecule has 2 saturated carbocycles. The maximum Gasteiger partial charge on any atom is 0.213 e. The molecule has 0 radical (unpaired) electrons. The van der Waals surface area contributed by atoms with Crippen LogP contribution in [0.1, 0.15) is 32.6 Å². The predicted octanol–water partition coefficient (Wildman–Crippen LogP) is 0.897. The Morgan fingerprint density at radius 1 is 1.33 bits per heavy atom. The molecular formula is C13H27IN4O2S. The Bertz CT molecular complexity index is 451. The SMILES string of the molecule is CN=C(NCCS(=O)(=O)NCC1CCC1)NC1CC1C.I. The first kappa shape index (κ1) is 19.0. The minimum absolute atomic E-state index is 0. The highest BCUT2D eigenvalue weighted by atomic mass is 127. The molecule has 0 bridgehead atoms. The fraction of sp³-hybridized carbons (Fsp3) is 0.923. The molecule has 0 heterocycles. The highest BCUT2D eigenvalue weighted by Gasteiger charge is 2.33. The van der Waals surface area contributed by atoms with E-state index in [1.54, 1.807) is 7.05 Å². The van der Waals surface area contributed by atoms with Gasteiger partial charge < -0.3 is 10.6 Å². The molecule has 8 heteroatoms. The van der Waals surface area contributed by atoms with Crippen LogP contribution in [0.25, 0.3) is 0 Å². The summed E-state index contributed by atoms with van der Waals surface area (Å²) in [5.41, 5.74) is 0. The summed E-state index contributed by atoms with van der Waals surface area (Å²) in [5, 5.41) is 6.32. The summed E-state index contributed by atoms with van der Waals surface area (Å²) < 4.78 is 26.3. The van der Waals surface area contributed by atoms with Gasteiger partial charge in [-0.25, -0.2) is 13.1 Å². The van der Waals surface area contributed by atoms with Crippen LogP contribution in [0.5, 0.6) is 0 Å². The van der Waals surface area contributed by atoms with E-state index in [4.69, 9.17) is 0 Å². The van der Waals surface area contributed by atoms with Crippen LogP contribution in [0.2, 0.25) is 0 Å². The van der Waals surface area contributed by atoms with Crippen molar-refractivity contribution < 1.29 is 8.42 Å². The van der Waals surface area contributed by atoms with Gasteiger partial charge in [-0.1, -0.05) is 13.3 Å². The van der Waals surface area contributed by atoms with Crippen LogP contribution in [0.3, 0.4) is 0 Å². The van der Waals surface area contributed by atoms with Gasteiger partial charge in [0.2, 0.25) is 10.0 Å². The van der Waals surface area contributed by atoms with Crippen LogP contribution >= 0.6 is 24.0 Å². The Balaban J connectivity index is 0.00000220. The van der Waals surface area contributed by atoms with E-state index in [0.717, 1.165) is 19.3 Å². The van der Waals surface area contributed by atoms with Gasteiger partial charge in [0.1, 0.15) is 0 Å². The molecule has 2 rings (SSSR count). The second-order valence-corrected chi connectivity index (χ2v) is 7.85. The number of aliphatic imine (C=N–C) groups is 1. The average Bonchev–Trinajstić information content (AvgIpc) is 3.01. The van der Waals surface area contributed by atoms with Crippen molar-refractivity contribution in [1.82, 2.24) is 15.4 Å². The standard InChI is InChI=1S/C13H26N4O2S.HI/c1-10-8-12(10)17-13(14-2)15-6-7-20(18,19)16-9-11-4-3-5-11;/h10-12,16H,3-9H2,1-2H3,(H2,14,15,17);1H. The number of sulfonamides is 1. The monoisotopic (exact) mass is 430 g/mol. The predicted molar refractivity (Wildman–Crippen MR) is 96.6 cm³/mol. The molecule has 2 unspecified atom stereocenters. The molecule has 2 aliphatic carbocycles. The fourth-order valence-corrected chi connectivity index (χ4v) is 3.22. The van der Waals surface area contributed by atoms with Gasteiger partial charge in [-0.05, 0) is 31.1 Å². The summed E-state index contributed by atoms with van der Waals surface area (Å²) >= 11 is 0. The van der Waals surface area contributed by atoms with Crippen LogP contribution in [0, 0.1) is 11.8 Å². The molecule has 0 aliphatic heterocycles. The summed E-state index contributed by atoms with van der Waals surface area (Å²) in [6.45, 7) is 3.15. The molecule has 21 heavy (non-hydrogen) atoms. The zero-order valence-electron chi connectivity index (χ0n) is 12.8. The van der Waals surface area contributed by atoms with Gasteiger partial charge in [0.25, 0.3) is 0 Å². The first-order valence-corrected chi connectivity index (χ1v) is 9.10. The largest absolute Gasteiger partial charge is 0.355 e. The van der Waals surface area contributed by atoms with Gasteiger partial charge in [-0.2, -0.15) is 0 Å². The maximum absolute atomic E-state index is 11.8. The molecule has 0 aromatic carbocycles. The van der Waals surface area contributed by atoms with Gasteiger partial charge in [0.15, 0.2) is 5.96 Å². The van der Waals surface area contributed by atoms with Gasteiger partial charge in [0.05, 0.1) is 5.75 Å². The van der Waals surface area contributed by atoms with Crippen molar-refractivity contribution in [2.75, 3.05) is 25.9 Å². The molecule has 2 aliphatic rings. The normalized spacial score (nSPS) is 25.7. The van der Waals surface area contributed by atoms with E-state index < -0.39 is 10.0 Å². The lowest BCUT2D eigenvalue weighted by atomic mass is 9.86. The molecule has 124 valence electrons. The molecule has 0 aromatic heterocycles. The molecule has 0 spiro atoms. The van der Waals surface area contributed by atoms with Crippen LogP contribution < -0.4 is 15.4 Å². The van der Waals surface area contributed by atoms with Crippen molar-refractivity contribution in [2.45, 2.75) is 38.6 Å². The third-order valence-corrected chi connectivity index (χ3v) is 5.48. The van der Waals surface area contributed by atoms with E-state index in [0.29, 0.717) is 36.9 Å². The molecular weight excluding hydrogens is 403 g/mol. The first-order valence-electron chi connectivity index (χ1n) is 7.44. The number of hydrogen-bond donors (Lipinski definition) is 3. The van der Waals surface area contributed by atoms with E-state index in [-0.39, 0.29) is 29.7 Å². The van der Waals surface area contributed by atoms with Gasteiger partial charge in [0, 0.05) is 26.2 Å². The number of halogens is 1. The van der Waals surface area contributed by atoms with E-state index >= 15 is 0 Å². The minimum atomic E-state index is -3.18. The second-order valence-electron chi connectivity index (χ2n) is 5.93. The molecule has 0 amide bonds. The number of guanidine groups is 1. The van der Waals surface area contributed by atoms with Crippen molar-refractivity contribution in [2.24, 2.45) is 16.8 Å². The number of nitrogens with zero attached hydrogens (tertiary/aromatic N) is 1. The Morgan fingerprint density at radius 3 is 2.48 bits per heavy atom. The van der Waals surface area contributed by atoms with Crippen molar-refractivity contribution in [3.63, 3.8) is 0 Å². The fourth-order valence-electron chi connectivity index (χ4n) is 2.21. The molecule has 0 saturated heterocycles. The van der Waals surface area contributed by atoms with Crippen LogP contribution in [-0.4, -0.2) is 46.3 Å². The summed E-state index contributed by atoms with van der Waals surface area (Å²) in [4.78, 5) is 4.10. The van der Waals surface area contributed by atoms with Gasteiger partial charge in [-0.3, -0.25) is 4.99 Å². The third kappa shape index (κ3) is 6.68. The van der Waals surface area contributed by atoms with Gasteiger partial charge in [-0.15, -0.1) is 24.0 Å². The van der Waals surface area contributed by atoms with Crippen LogP contribution in [-0.2, 0) is 10.0 Å². The highest BCUT2D eigenvalue weighted by Crippen LogP contribution is 2.28. The van der Waals surface area contributed by atoms with Crippen molar-refractivity contribution in [3.8, 4) is 0 Å². The molecule has 0 aromatic rings. The topological polar surface area (TPSA) is 82.6 Å². The summed E-state index contributed by atoms with van der Waals surface area (Å²) in [5.74, 6) is 2.00. The Morgan fingerprint density at radius 2 is 2.00 bits per heavy atom. The van der Waals surface area contributed by atoms with E-state index in [2.05, 4.69) is 27.3 Å². The number of nitrogens with one attached hydrogen (secondary N) is 3. The highest BCUT2D eigenvalue weighted by molar-refractivity contribution is 14.0. The van der Waals surface area contributed by atoms with Crippen molar-refractivity contribution in [1.29, 1.82) is 0 Å². The second kappa shape index (κ2) is 8.52. The quantitative estimate of drug-likeness (QED) is 0.319. The van der Waals surface area contributed by atoms with Crippen LogP contribution in [0.4, 0.5) is 0 Å². The number of rotatable bonds is 7. The van der Waals surface area contributed by atoms with Crippen molar-refractivity contribution >= 4 is 40.0 Å². The van der Waals surface area contributed by atoms with Gasteiger partial charge >= 0.3 is 0 Å². The molecule has 6 nitrogen and oxygen atoms in total. The Kier molecular flexibility index (Phi) is 7.69. The Hall–Kier alpha value is -0.0900. The summed E-state index contributed by atoms with van der Waals surface area (Å²) in [6.07, 6.45) is 4.69. The summed E-state index contributed by atoms with van der Waals surface area (Å²) in [7, 11) is -1.48. The lowest BCUT2D eigenvalue weighted by Gasteiger charge is -2.25. The zero-order valence-corrected chi connectivity index (χ0v) is 15.9. The summed E-state index contributed by atoms with van der Waals surface area (Å²) in [6, 6.07) is 0.481. The number of hydrogen-bond acceptors (Lipinski definition) is 3. The minimum Gasteiger partial charge on any atom is -0.355 e. The molecule has 2 atom stereocenters. The lowest BCUT2D eigenvalue weighted by molar-refractivity contribution is 0.316. The molecule has 3 N–H and O–H groups in total. The molecule has 2 fully saturated rings. The lowest BCUT2D eigenvalue weighted by Crippen LogP contribution is -2.43. The van der Waals surface area contributed by atoms with E-state index in [1.165, 1.54) is 6.42 Å². The van der Waals surface area contributed by atoms with Crippen LogP contribution in [0.15, 0.2) is 4.99 Å².